The molecule has 1 aromatic heterocycles. The molecule has 0 saturated carbocycles. The van der Waals surface area contributed by atoms with E-state index in [1.165, 1.54) is 4.68 Å². The van der Waals surface area contributed by atoms with Crippen LogP contribution in [0.3, 0.4) is 0 Å². The molecule has 21 heavy (non-hydrogen) atoms. The second kappa shape index (κ2) is 5.95. The van der Waals surface area contributed by atoms with Gasteiger partial charge >= 0.3 is 0 Å². The number of carbonyl (C=O) groups excluding carboxylic acids is 2. The van der Waals surface area contributed by atoms with Crippen LogP contribution in [0.25, 0.3) is 0 Å². The fourth-order valence-corrected chi connectivity index (χ4v) is 2.09. The van der Waals surface area contributed by atoms with Gasteiger partial charge in [0.2, 0.25) is 0 Å². The highest BCUT2D eigenvalue weighted by atomic mass is 19.1. The zero-order chi connectivity index (χ0) is 15.6. The molecule has 6 heteroatoms. The molecule has 0 spiro atoms. The molecular formula is C15H14F2N2O2. The van der Waals surface area contributed by atoms with Crippen LogP contribution in [-0.2, 0) is 13.5 Å². The Morgan fingerprint density at radius 1 is 1.14 bits per heavy atom. The summed E-state index contributed by atoms with van der Waals surface area (Å²) in [5, 5.41) is 4.12. The van der Waals surface area contributed by atoms with E-state index in [2.05, 4.69) is 5.10 Å². The summed E-state index contributed by atoms with van der Waals surface area (Å²) in [6, 6.07) is 2.51. The van der Waals surface area contributed by atoms with Crippen LogP contribution in [0.4, 0.5) is 8.78 Å². The molecule has 1 heterocycles. The fourth-order valence-electron chi connectivity index (χ4n) is 2.09. The number of carbonyl (C=O) groups is 2. The first-order valence-corrected chi connectivity index (χ1v) is 6.45. The molecule has 0 amide bonds. The number of nitrogens with zero attached hydrogens (tertiary/aromatic N) is 2. The van der Waals surface area contributed by atoms with Gasteiger partial charge in [0.25, 0.3) is 0 Å². The summed E-state index contributed by atoms with van der Waals surface area (Å²) in [4.78, 5) is 24.1. The van der Waals surface area contributed by atoms with Crippen molar-refractivity contribution >= 4 is 11.6 Å². The van der Waals surface area contributed by atoms with E-state index in [4.69, 9.17) is 0 Å². The molecule has 0 atom stereocenters. The Hall–Kier alpha value is -2.37. The molecule has 0 fully saturated rings. The van der Waals surface area contributed by atoms with E-state index >= 15 is 0 Å². The SMILES string of the molecule is CCc1nn(C)cc1C(=O)CC(=O)c1cc(F)cc(F)c1. The van der Waals surface area contributed by atoms with E-state index in [1.54, 1.807) is 13.2 Å². The molecule has 0 aliphatic carbocycles. The van der Waals surface area contributed by atoms with Gasteiger partial charge in [-0.05, 0) is 18.6 Å². The summed E-state index contributed by atoms with van der Waals surface area (Å²) in [5.74, 6) is -2.72. The van der Waals surface area contributed by atoms with Crippen molar-refractivity contribution in [1.29, 1.82) is 0 Å². The molecule has 1 aromatic carbocycles. The van der Waals surface area contributed by atoms with Gasteiger partial charge in [0.1, 0.15) is 11.6 Å². The summed E-state index contributed by atoms with van der Waals surface area (Å²) in [6.45, 7) is 1.85. The molecule has 110 valence electrons. The van der Waals surface area contributed by atoms with Crippen molar-refractivity contribution in [2.45, 2.75) is 19.8 Å². The van der Waals surface area contributed by atoms with Gasteiger partial charge in [-0.2, -0.15) is 5.10 Å². The summed E-state index contributed by atoms with van der Waals surface area (Å²) in [7, 11) is 1.68. The monoisotopic (exact) mass is 292 g/mol. The number of rotatable bonds is 5. The van der Waals surface area contributed by atoms with Crippen LogP contribution in [0, 0.1) is 11.6 Å². The summed E-state index contributed by atoms with van der Waals surface area (Å²) < 4.78 is 27.7. The Labute approximate surface area is 120 Å². The molecule has 2 aromatic rings. The smallest absolute Gasteiger partial charge is 0.174 e. The molecule has 0 N–H and O–H groups in total. The van der Waals surface area contributed by atoms with E-state index in [0.29, 0.717) is 23.7 Å². The predicted molar refractivity (Wildman–Crippen MR) is 72.2 cm³/mol. The fraction of sp³-hybridized carbons (Fsp3) is 0.267. The van der Waals surface area contributed by atoms with E-state index in [-0.39, 0.29) is 5.56 Å². The average molecular weight is 292 g/mol. The zero-order valence-electron chi connectivity index (χ0n) is 11.7. The first-order chi connectivity index (χ1) is 9.90. The third-order valence-corrected chi connectivity index (χ3v) is 3.05. The van der Waals surface area contributed by atoms with Gasteiger partial charge in [0.15, 0.2) is 11.6 Å². The second-order valence-corrected chi connectivity index (χ2v) is 4.70. The van der Waals surface area contributed by atoms with Crippen molar-refractivity contribution < 1.29 is 18.4 Å². The molecule has 0 saturated heterocycles. The van der Waals surface area contributed by atoms with Gasteiger partial charge in [-0.1, -0.05) is 6.92 Å². The summed E-state index contributed by atoms with van der Waals surface area (Å²) in [6.07, 6.45) is 1.66. The Kier molecular flexibility index (Phi) is 4.26. The number of hydrogen-bond donors (Lipinski definition) is 0. The topological polar surface area (TPSA) is 52.0 Å². The molecule has 4 nitrogen and oxygen atoms in total. The molecular weight excluding hydrogens is 278 g/mol. The van der Waals surface area contributed by atoms with Crippen LogP contribution in [0.15, 0.2) is 24.4 Å². The number of aryl methyl sites for hydroxylation is 2. The van der Waals surface area contributed by atoms with Gasteiger partial charge in [0.05, 0.1) is 17.7 Å². The van der Waals surface area contributed by atoms with Crippen molar-refractivity contribution in [1.82, 2.24) is 9.78 Å². The Balaban J connectivity index is 2.20. The Morgan fingerprint density at radius 2 is 1.76 bits per heavy atom. The standard InChI is InChI=1S/C15H14F2N2O2/c1-3-13-12(8-19(2)18-13)15(21)7-14(20)9-4-10(16)6-11(17)5-9/h4-6,8H,3,7H2,1-2H3. The lowest BCUT2D eigenvalue weighted by molar-refractivity contribution is 0.0893. The number of ketones is 2. The predicted octanol–water partition coefficient (Wildman–Crippen LogP) is 2.72. The second-order valence-electron chi connectivity index (χ2n) is 4.70. The molecule has 0 aliphatic heterocycles. The number of benzene rings is 1. The zero-order valence-corrected chi connectivity index (χ0v) is 11.7. The molecule has 0 radical (unpaired) electrons. The largest absolute Gasteiger partial charge is 0.294 e. The normalized spacial score (nSPS) is 10.7. The first-order valence-electron chi connectivity index (χ1n) is 6.45. The van der Waals surface area contributed by atoms with Gasteiger partial charge < -0.3 is 0 Å². The highest BCUT2D eigenvalue weighted by Gasteiger charge is 2.19. The minimum absolute atomic E-state index is 0.150. The van der Waals surface area contributed by atoms with Crippen molar-refractivity contribution in [2.75, 3.05) is 0 Å². The molecule has 2 rings (SSSR count). The van der Waals surface area contributed by atoms with Gasteiger partial charge in [-0.25, -0.2) is 8.78 Å². The maximum atomic E-state index is 13.1. The maximum Gasteiger partial charge on any atom is 0.174 e. The van der Waals surface area contributed by atoms with E-state index < -0.39 is 29.6 Å². The van der Waals surface area contributed by atoms with E-state index in [1.807, 2.05) is 6.92 Å². The molecule has 0 bridgehead atoms. The summed E-state index contributed by atoms with van der Waals surface area (Å²) in [5.41, 5.74) is 0.814. The minimum Gasteiger partial charge on any atom is -0.294 e. The van der Waals surface area contributed by atoms with Gasteiger partial charge in [-0.3, -0.25) is 14.3 Å². The quantitative estimate of drug-likeness (QED) is 0.629. The maximum absolute atomic E-state index is 13.1. The number of aromatic nitrogens is 2. The highest BCUT2D eigenvalue weighted by molar-refractivity contribution is 6.13. The summed E-state index contributed by atoms with van der Waals surface area (Å²) >= 11 is 0. The van der Waals surface area contributed by atoms with Crippen molar-refractivity contribution in [3.05, 3.63) is 52.9 Å². The highest BCUT2D eigenvalue weighted by Crippen LogP contribution is 2.14. The van der Waals surface area contributed by atoms with Crippen molar-refractivity contribution in [3.63, 3.8) is 0 Å². The Morgan fingerprint density at radius 3 is 2.33 bits per heavy atom. The average Bonchev–Trinajstić information content (AvgIpc) is 2.78. The Bertz CT molecular complexity index is 687. The number of hydrogen-bond acceptors (Lipinski definition) is 3. The van der Waals surface area contributed by atoms with Crippen LogP contribution < -0.4 is 0 Å². The molecule has 0 unspecified atom stereocenters. The van der Waals surface area contributed by atoms with Crippen LogP contribution in [-0.4, -0.2) is 21.3 Å². The lowest BCUT2D eigenvalue weighted by atomic mass is 10.0. The lowest BCUT2D eigenvalue weighted by Crippen LogP contribution is -2.10. The van der Waals surface area contributed by atoms with Crippen LogP contribution >= 0.6 is 0 Å². The van der Waals surface area contributed by atoms with Crippen molar-refractivity contribution in [2.24, 2.45) is 7.05 Å². The van der Waals surface area contributed by atoms with Gasteiger partial charge in [0, 0.05) is 24.9 Å². The first kappa shape index (κ1) is 15.0. The molecule has 0 aliphatic rings. The van der Waals surface area contributed by atoms with E-state index in [0.717, 1.165) is 12.1 Å². The number of halogens is 2. The number of Topliss-reactive ketones (excluding diaryl/α,β-unsaturated/α-hetero) is 2. The minimum atomic E-state index is -0.846. The van der Waals surface area contributed by atoms with Crippen LogP contribution in [0.5, 0.6) is 0 Å². The van der Waals surface area contributed by atoms with Crippen LogP contribution in [0.2, 0.25) is 0 Å². The van der Waals surface area contributed by atoms with Crippen molar-refractivity contribution in [3.8, 4) is 0 Å². The third-order valence-electron chi connectivity index (χ3n) is 3.05. The lowest BCUT2D eigenvalue weighted by Gasteiger charge is -2.02. The van der Waals surface area contributed by atoms with Gasteiger partial charge in [-0.15, -0.1) is 0 Å². The van der Waals surface area contributed by atoms with E-state index in [9.17, 15) is 18.4 Å². The van der Waals surface area contributed by atoms with Crippen LogP contribution in [0.1, 0.15) is 39.8 Å². The third kappa shape index (κ3) is 3.39.